The number of hydrogen-bond acceptors (Lipinski definition) is 4. The zero-order valence-electron chi connectivity index (χ0n) is 10.1. The first-order valence-electron chi connectivity index (χ1n) is 5.94. The molecule has 1 aliphatic rings. The maximum Gasteiger partial charge on any atom is 0.162 e. The van der Waals surface area contributed by atoms with Gasteiger partial charge in [-0.05, 0) is 18.4 Å². The van der Waals surface area contributed by atoms with Crippen LogP contribution in [0.5, 0.6) is 11.5 Å². The van der Waals surface area contributed by atoms with Crippen LogP contribution in [0.2, 0.25) is 0 Å². The summed E-state index contributed by atoms with van der Waals surface area (Å²) in [5.41, 5.74) is 0.864. The number of methoxy groups -OCH3 is 1. The summed E-state index contributed by atoms with van der Waals surface area (Å²) in [5.74, 6) is 1.35. The number of hydrogen-bond donors (Lipinski definition) is 2. The van der Waals surface area contributed by atoms with Crippen molar-refractivity contribution in [3.63, 3.8) is 0 Å². The highest BCUT2D eigenvalue weighted by molar-refractivity contribution is 5.45. The molecular formula is C13H19NO3. The molecule has 1 aromatic rings. The lowest BCUT2D eigenvalue weighted by Gasteiger charge is -2.11. The molecule has 1 saturated heterocycles. The largest absolute Gasteiger partial charge is 0.504 e. The zero-order valence-corrected chi connectivity index (χ0v) is 10.1. The molecule has 94 valence electrons. The maximum absolute atomic E-state index is 9.89. The van der Waals surface area contributed by atoms with Crippen LogP contribution in [0, 0.1) is 5.92 Å². The Morgan fingerprint density at radius 1 is 1.53 bits per heavy atom. The van der Waals surface area contributed by atoms with Crippen molar-refractivity contribution in [2.24, 2.45) is 5.92 Å². The molecule has 1 unspecified atom stereocenters. The first-order chi connectivity index (χ1) is 8.31. The van der Waals surface area contributed by atoms with Gasteiger partial charge in [0.2, 0.25) is 0 Å². The van der Waals surface area contributed by atoms with E-state index in [1.807, 2.05) is 12.1 Å². The summed E-state index contributed by atoms with van der Waals surface area (Å²) in [6.45, 7) is 3.30. The van der Waals surface area contributed by atoms with Crippen LogP contribution < -0.4 is 10.1 Å². The second-order valence-electron chi connectivity index (χ2n) is 4.33. The van der Waals surface area contributed by atoms with Crippen LogP contribution in [-0.2, 0) is 11.3 Å². The molecule has 1 atom stereocenters. The quantitative estimate of drug-likeness (QED) is 0.815. The predicted octanol–water partition coefficient (Wildman–Crippen LogP) is 1.53. The van der Waals surface area contributed by atoms with Crippen molar-refractivity contribution in [1.29, 1.82) is 0 Å². The minimum absolute atomic E-state index is 0.227. The van der Waals surface area contributed by atoms with Gasteiger partial charge in [-0.2, -0.15) is 0 Å². The number of nitrogens with one attached hydrogen (secondary N) is 1. The maximum atomic E-state index is 9.89. The molecule has 17 heavy (non-hydrogen) atoms. The third-order valence-electron chi connectivity index (χ3n) is 3.07. The van der Waals surface area contributed by atoms with E-state index in [0.29, 0.717) is 18.2 Å². The van der Waals surface area contributed by atoms with Crippen molar-refractivity contribution in [3.05, 3.63) is 23.8 Å². The molecule has 0 aromatic heterocycles. The molecule has 1 fully saturated rings. The molecule has 4 nitrogen and oxygen atoms in total. The molecule has 0 radical (unpaired) electrons. The highest BCUT2D eigenvalue weighted by atomic mass is 16.5. The van der Waals surface area contributed by atoms with Gasteiger partial charge < -0.3 is 19.9 Å². The van der Waals surface area contributed by atoms with E-state index >= 15 is 0 Å². The van der Waals surface area contributed by atoms with Crippen molar-refractivity contribution >= 4 is 0 Å². The molecule has 1 aromatic carbocycles. The third-order valence-corrected chi connectivity index (χ3v) is 3.07. The predicted molar refractivity (Wildman–Crippen MR) is 65.3 cm³/mol. The SMILES string of the molecule is COc1cccc(CNCC2CCOC2)c1O. The fraction of sp³-hybridized carbons (Fsp3) is 0.538. The second-order valence-corrected chi connectivity index (χ2v) is 4.33. The smallest absolute Gasteiger partial charge is 0.162 e. The Balaban J connectivity index is 1.85. The molecule has 0 spiro atoms. The Bertz CT molecular complexity index is 362. The van der Waals surface area contributed by atoms with E-state index in [9.17, 15) is 5.11 Å². The monoisotopic (exact) mass is 237 g/mol. The summed E-state index contributed by atoms with van der Waals surface area (Å²) in [6.07, 6.45) is 1.12. The van der Waals surface area contributed by atoms with E-state index in [1.54, 1.807) is 13.2 Å². The topological polar surface area (TPSA) is 50.7 Å². The molecule has 2 N–H and O–H groups in total. The number of benzene rings is 1. The van der Waals surface area contributed by atoms with Crippen molar-refractivity contribution in [3.8, 4) is 11.5 Å². The average Bonchev–Trinajstić information content (AvgIpc) is 2.84. The fourth-order valence-electron chi connectivity index (χ4n) is 2.03. The van der Waals surface area contributed by atoms with Gasteiger partial charge in [-0.3, -0.25) is 0 Å². The summed E-state index contributed by atoms with van der Waals surface area (Å²) in [5, 5.41) is 13.2. The molecule has 0 saturated carbocycles. The Morgan fingerprint density at radius 3 is 3.12 bits per heavy atom. The van der Waals surface area contributed by atoms with Crippen LogP contribution in [0.25, 0.3) is 0 Å². The van der Waals surface area contributed by atoms with Gasteiger partial charge in [0.05, 0.1) is 13.7 Å². The Labute approximate surface area is 102 Å². The number of phenolic OH excluding ortho intramolecular Hbond substituents is 1. The van der Waals surface area contributed by atoms with E-state index in [2.05, 4.69) is 5.32 Å². The molecule has 1 aliphatic heterocycles. The van der Waals surface area contributed by atoms with Crippen molar-refractivity contribution in [2.75, 3.05) is 26.9 Å². The molecular weight excluding hydrogens is 218 g/mol. The molecule has 0 aliphatic carbocycles. The Kier molecular flexibility index (Phi) is 4.23. The summed E-state index contributed by atoms with van der Waals surface area (Å²) in [6, 6.07) is 5.54. The second kappa shape index (κ2) is 5.89. The van der Waals surface area contributed by atoms with Gasteiger partial charge in [0.1, 0.15) is 0 Å². The molecule has 1 heterocycles. The van der Waals surface area contributed by atoms with Gasteiger partial charge in [-0.25, -0.2) is 0 Å². The van der Waals surface area contributed by atoms with E-state index in [0.717, 1.165) is 31.7 Å². The van der Waals surface area contributed by atoms with Crippen LogP contribution in [0.15, 0.2) is 18.2 Å². The lowest BCUT2D eigenvalue weighted by molar-refractivity contribution is 0.185. The standard InChI is InChI=1S/C13H19NO3/c1-16-12-4-2-3-11(13(12)15)8-14-7-10-5-6-17-9-10/h2-4,10,14-15H,5-9H2,1H3. The highest BCUT2D eigenvalue weighted by Gasteiger charge is 2.15. The summed E-state index contributed by atoms with van der Waals surface area (Å²) in [4.78, 5) is 0. The number of rotatable bonds is 5. The first-order valence-corrected chi connectivity index (χ1v) is 5.94. The highest BCUT2D eigenvalue weighted by Crippen LogP contribution is 2.29. The van der Waals surface area contributed by atoms with E-state index in [4.69, 9.17) is 9.47 Å². The Morgan fingerprint density at radius 2 is 2.41 bits per heavy atom. The van der Waals surface area contributed by atoms with Gasteiger partial charge in [-0.15, -0.1) is 0 Å². The number of para-hydroxylation sites is 1. The average molecular weight is 237 g/mol. The Hall–Kier alpha value is -1.26. The van der Waals surface area contributed by atoms with Gasteiger partial charge in [-0.1, -0.05) is 12.1 Å². The fourth-order valence-corrected chi connectivity index (χ4v) is 2.03. The van der Waals surface area contributed by atoms with Gasteiger partial charge >= 0.3 is 0 Å². The van der Waals surface area contributed by atoms with Crippen LogP contribution >= 0.6 is 0 Å². The normalized spacial score (nSPS) is 19.5. The lowest BCUT2D eigenvalue weighted by atomic mass is 10.1. The van der Waals surface area contributed by atoms with Crippen LogP contribution in [0.1, 0.15) is 12.0 Å². The van der Waals surface area contributed by atoms with Crippen LogP contribution in [-0.4, -0.2) is 32.0 Å². The number of phenols is 1. The molecule has 0 bridgehead atoms. The van der Waals surface area contributed by atoms with Crippen LogP contribution in [0.3, 0.4) is 0 Å². The van der Waals surface area contributed by atoms with Gasteiger partial charge in [0.25, 0.3) is 0 Å². The first kappa shape index (κ1) is 12.2. The zero-order chi connectivity index (χ0) is 12.1. The van der Waals surface area contributed by atoms with Crippen molar-refractivity contribution in [2.45, 2.75) is 13.0 Å². The van der Waals surface area contributed by atoms with E-state index in [-0.39, 0.29) is 5.75 Å². The molecule has 2 rings (SSSR count). The summed E-state index contributed by atoms with van der Waals surface area (Å²) < 4.78 is 10.4. The number of aromatic hydroxyl groups is 1. The van der Waals surface area contributed by atoms with Crippen LogP contribution in [0.4, 0.5) is 0 Å². The lowest BCUT2D eigenvalue weighted by Crippen LogP contribution is -2.22. The van der Waals surface area contributed by atoms with Crippen molar-refractivity contribution < 1.29 is 14.6 Å². The molecule has 0 amide bonds. The van der Waals surface area contributed by atoms with Crippen molar-refractivity contribution in [1.82, 2.24) is 5.32 Å². The van der Waals surface area contributed by atoms with Gasteiger partial charge in [0, 0.05) is 25.3 Å². The van der Waals surface area contributed by atoms with Gasteiger partial charge in [0.15, 0.2) is 11.5 Å². The molecule has 4 heteroatoms. The minimum Gasteiger partial charge on any atom is -0.504 e. The summed E-state index contributed by atoms with van der Waals surface area (Å²) >= 11 is 0. The summed E-state index contributed by atoms with van der Waals surface area (Å²) in [7, 11) is 1.56. The van der Waals surface area contributed by atoms with E-state index < -0.39 is 0 Å². The third kappa shape index (κ3) is 3.11. The minimum atomic E-state index is 0.227. The number of ether oxygens (including phenoxy) is 2. The van der Waals surface area contributed by atoms with E-state index in [1.165, 1.54) is 0 Å².